The Labute approximate surface area is 181 Å². The van der Waals surface area contributed by atoms with Gasteiger partial charge in [0.1, 0.15) is 6.61 Å². The Balaban J connectivity index is 1.26. The van der Waals surface area contributed by atoms with Gasteiger partial charge in [-0.1, -0.05) is 40.7 Å². The van der Waals surface area contributed by atoms with Crippen molar-refractivity contribution in [3.63, 3.8) is 0 Å². The maximum absolute atomic E-state index is 6.03. The SMILES string of the molecule is Cn1c(SCc2noc(-c3ccc(Cl)cc3)n2)nnc1C1COc2ccccc2O1. The predicted molar refractivity (Wildman–Crippen MR) is 111 cm³/mol. The molecule has 3 heterocycles. The van der Waals surface area contributed by atoms with Crippen molar-refractivity contribution in [1.29, 1.82) is 0 Å². The molecule has 5 rings (SSSR count). The molecule has 0 amide bonds. The highest BCUT2D eigenvalue weighted by molar-refractivity contribution is 7.98. The number of para-hydroxylation sites is 2. The Morgan fingerprint density at radius 3 is 2.73 bits per heavy atom. The van der Waals surface area contributed by atoms with E-state index in [1.54, 1.807) is 12.1 Å². The fourth-order valence-electron chi connectivity index (χ4n) is 3.03. The van der Waals surface area contributed by atoms with E-state index in [1.807, 2.05) is 48.0 Å². The van der Waals surface area contributed by atoms with Gasteiger partial charge in [0.25, 0.3) is 5.89 Å². The van der Waals surface area contributed by atoms with Crippen LogP contribution in [0.1, 0.15) is 17.8 Å². The van der Waals surface area contributed by atoms with Gasteiger partial charge >= 0.3 is 0 Å². The molecular formula is C20H16ClN5O3S. The molecule has 0 bridgehead atoms. The molecule has 8 nitrogen and oxygen atoms in total. The minimum atomic E-state index is -0.326. The molecule has 0 radical (unpaired) electrons. The second kappa shape index (κ2) is 8.00. The summed E-state index contributed by atoms with van der Waals surface area (Å²) >= 11 is 7.39. The van der Waals surface area contributed by atoms with Gasteiger partial charge in [0.2, 0.25) is 0 Å². The van der Waals surface area contributed by atoms with Crippen molar-refractivity contribution in [1.82, 2.24) is 24.9 Å². The topological polar surface area (TPSA) is 88.1 Å². The van der Waals surface area contributed by atoms with Crippen LogP contribution >= 0.6 is 23.4 Å². The molecule has 0 fully saturated rings. The third kappa shape index (κ3) is 3.73. The molecule has 2 aromatic carbocycles. The summed E-state index contributed by atoms with van der Waals surface area (Å²) in [5.41, 5.74) is 0.818. The van der Waals surface area contributed by atoms with Gasteiger partial charge in [0.05, 0.1) is 5.75 Å². The summed E-state index contributed by atoms with van der Waals surface area (Å²) in [6, 6.07) is 14.8. The van der Waals surface area contributed by atoms with E-state index in [2.05, 4.69) is 20.3 Å². The Bertz CT molecular complexity index is 1180. The molecule has 0 spiro atoms. The smallest absolute Gasteiger partial charge is 0.257 e. The maximum Gasteiger partial charge on any atom is 0.257 e. The molecule has 1 aliphatic rings. The predicted octanol–water partition coefficient (Wildman–Crippen LogP) is 4.32. The van der Waals surface area contributed by atoms with E-state index in [-0.39, 0.29) is 6.10 Å². The van der Waals surface area contributed by atoms with Gasteiger partial charge in [-0.15, -0.1) is 10.2 Å². The monoisotopic (exact) mass is 441 g/mol. The van der Waals surface area contributed by atoms with E-state index in [9.17, 15) is 0 Å². The standard InChI is InChI=1S/C20H16ClN5O3S/c1-26-18(16-10-27-14-4-2-3-5-15(14)28-16)23-24-20(26)30-11-17-22-19(29-25-17)12-6-8-13(21)9-7-12/h2-9,16H,10-11H2,1H3. The molecule has 4 aromatic rings. The summed E-state index contributed by atoms with van der Waals surface area (Å²) in [5.74, 6) is 3.65. The van der Waals surface area contributed by atoms with Crippen LogP contribution in [0.3, 0.4) is 0 Å². The van der Waals surface area contributed by atoms with Gasteiger partial charge in [-0.3, -0.25) is 0 Å². The largest absolute Gasteiger partial charge is 0.485 e. The number of halogens is 1. The van der Waals surface area contributed by atoms with Crippen LogP contribution in [0.25, 0.3) is 11.5 Å². The number of ether oxygens (including phenoxy) is 2. The number of fused-ring (bicyclic) bond motifs is 1. The molecule has 0 aliphatic carbocycles. The molecule has 0 N–H and O–H groups in total. The summed E-state index contributed by atoms with van der Waals surface area (Å²) in [6.45, 7) is 0.378. The Kier molecular flexibility index (Phi) is 5.06. The van der Waals surface area contributed by atoms with Gasteiger partial charge in [0, 0.05) is 17.6 Å². The minimum absolute atomic E-state index is 0.326. The molecule has 2 aromatic heterocycles. The summed E-state index contributed by atoms with van der Waals surface area (Å²) in [6.07, 6.45) is -0.326. The van der Waals surface area contributed by atoms with Crippen LogP contribution in [0, 0.1) is 0 Å². The van der Waals surface area contributed by atoms with Crippen LogP contribution in [-0.4, -0.2) is 31.5 Å². The van der Waals surface area contributed by atoms with E-state index >= 15 is 0 Å². The summed E-state index contributed by atoms with van der Waals surface area (Å²) in [7, 11) is 1.90. The quantitative estimate of drug-likeness (QED) is 0.423. The highest BCUT2D eigenvalue weighted by atomic mass is 35.5. The second-order valence-corrected chi connectivity index (χ2v) is 7.95. The van der Waals surface area contributed by atoms with Crippen LogP contribution in [0.5, 0.6) is 11.5 Å². The van der Waals surface area contributed by atoms with E-state index in [0.29, 0.717) is 40.7 Å². The lowest BCUT2D eigenvalue weighted by atomic mass is 10.2. The average Bonchev–Trinajstić information content (AvgIpc) is 3.39. The van der Waals surface area contributed by atoms with Crippen molar-refractivity contribution in [2.45, 2.75) is 17.0 Å². The molecule has 0 saturated carbocycles. The van der Waals surface area contributed by atoms with Crippen LogP contribution in [0.15, 0.2) is 58.2 Å². The first-order chi connectivity index (χ1) is 14.7. The van der Waals surface area contributed by atoms with E-state index < -0.39 is 0 Å². The molecule has 152 valence electrons. The number of benzene rings is 2. The molecule has 30 heavy (non-hydrogen) atoms. The lowest BCUT2D eigenvalue weighted by molar-refractivity contribution is 0.0825. The maximum atomic E-state index is 6.03. The first-order valence-electron chi connectivity index (χ1n) is 9.16. The third-order valence-electron chi connectivity index (χ3n) is 4.55. The van der Waals surface area contributed by atoms with Gasteiger partial charge in [-0.25, -0.2) is 0 Å². The van der Waals surface area contributed by atoms with Crippen LogP contribution < -0.4 is 9.47 Å². The van der Waals surface area contributed by atoms with E-state index in [4.69, 9.17) is 25.6 Å². The molecule has 10 heteroatoms. The molecular weight excluding hydrogens is 426 g/mol. The fourth-order valence-corrected chi connectivity index (χ4v) is 3.92. The Morgan fingerprint density at radius 1 is 1.10 bits per heavy atom. The van der Waals surface area contributed by atoms with Crippen molar-refractivity contribution in [3.8, 4) is 23.0 Å². The summed E-state index contributed by atoms with van der Waals surface area (Å²) < 4.78 is 19.1. The van der Waals surface area contributed by atoms with Crippen molar-refractivity contribution in [2.24, 2.45) is 7.05 Å². The highest BCUT2D eigenvalue weighted by Gasteiger charge is 2.27. The lowest BCUT2D eigenvalue weighted by Crippen LogP contribution is -2.24. The number of aromatic nitrogens is 5. The van der Waals surface area contributed by atoms with E-state index in [1.165, 1.54) is 11.8 Å². The zero-order valence-corrected chi connectivity index (χ0v) is 17.4. The molecule has 1 unspecified atom stereocenters. The van der Waals surface area contributed by atoms with Crippen LogP contribution in [0.2, 0.25) is 5.02 Å². The van der Waals surface area contributed by atoms with Gasteiger partial charge in [-0.2, -0.15) is 4.98 Å². The number of rotatable bonds is 5. The van der Waals surface area contributed by atoms with E-state index in [0.717, 1.165) is 16.5 Å². The molecule has 0 saturated heterocycles. The zero-order chi connectivity index (χ0) is 20.5. The van der Waals surface area contributed by atoms with Crippen molar-refractivity contribution in [3.05, 3.63) is 65.2 Å². The van der Waals surface area contributed by atoms with Crippen LogP contribution in [0.4, 0.5) is 0 Å². The lowest BCUT2D eigenvalue weighted by Gasteiger charge is -2.25. The Morgan fingerprint density at radius 2 is 1.90 bits per heavy atom. The fraction of sp³-hybridized carbons (Fsp3) is 0.200. The first-order valence-corrected chi connectivity index (χ1v) is 10.5. The van der Waals surface area contributed by atoms with Gasteiger partial charge in [0.15, 0.2) is 34.4 Å². The van der Waals surface area contributed by atoms with Gasteiger partial charge in [-0.05, 0) is 36.4 Å². The molecule has 1 atom stereocenters. The van der Waals surface area contributed by atoms with Gasteiger partial charge < -0.3 is 18.6 Å². The molecule has 1 aliphatic heterocycles. The zero-order valence-electron chi connectivity index (χ0n) is 15.9. The minimum Gasteiger partial charge on any atom is -0.485 e. The highest BCUT2D eigenvalue weighted by Crippen LogP contribution is 2.36. The number of hydrogen-bond donors (Lipinski definition) is 0. The number of nitrogens with zero attached hydrogens (tertiary/aromatic N) is 5. The van der Waals surface area contributed by atoms with Crippen molar-refractivity contribution < 1.29 is 14.0 Å². The normalized spacial score (nSPS) is 15.3. The van der Waals surface area contributed by atoms with Crippen molar-refractivity contribution in [2.75, 3.05) is 6.61 Å². The Hall–Kier alpha value is -3.04. The number of thioether (sulfide) groups is 1. The second-order valence-electron chi connectivity index (χ2n) is 6.58. The summed E-state index contributed by atoms with van der Waals surface area (Å²) in [5, 5.41) is 14.0. The van der Waals surface area contributed by atoms with Crippen LogP contribution in [-0.2, 0) is 12.8 Å². The number of hydrogen-bond acceptors (Lipinski definition) is 8. The summed E-state index contributed by atoms with van der Waals surface area (Å²) in [4.78, 5) is 4.43. The average molecular weight is 442 g/mol. The van der Waals surface area contributed by atoms with Crippen molar-refractivity contribution >= 4 is 23.4 Å². The third-order valence-corrected chi connectivity index (χ3v) is 5.82. The first kappa shape index (κ1) is 19.0.